The van der Waals surface area contributed by atoms with Crippen molar-refractivity contribution in [1.29, 1.82) is 0 Å². The molecule has 0 aliphatic carbocycles. The summed E-state index contributed by atoms with van der Waals surface area (Å²) in [6.45, 7) is 1.57. The average molecular weight is 423 g/mol. The first-order valence-corrected chi connectivity index (χ1v) is 11.1. The number of benzene rings is 3. The standard InChI is InChI=1S/C22H21N3O4S/c1-2-30(27,28)25-16-10-13-19-20(14-16)24-22(23-19)21(26)15-8-11-18(12-9-15)29-17-6-4-3-5-7-17/h3-14,21,25-26H,2H2,1H3,(H,23,24). The zero-order valence-electron chi connectivity index (χ0n) is 16.2. The maximum absolute atomic E-state index is 11.8. The molecule has 8 heteroatoms. The summed E-state index contributed by atoms with van der Waals surface area (Å²) in [6.07, 6.45) is -0.959. The van der Waals surface area contributed by atoms with Gasteiger partial charge in [0.25, 0.3) is 0 Å². The number of hydrogen-bond acceptors (Lipinski definition) is 5. The van der Waals surface area contributed by atoms with Crippen LogP contribution in [0.4, 0.5) is 5.69 Å². The molecule has 0 bridgehead atoms. The Hall–Kier alpha value is -3.36. The van der Waals surface area contributed by atoms with Crippen LogP contribution in [0.15, 0.2) is 72.8 Å². The van der Waals surface area contributed by atoms with E-state index in [4.69, 9.17) is 4.74 Å². The van der Waals surface area contributed by atoms with E-state index in [-0.39, 0.29) is 5.75 Å². The second-order valence-electron chi connectivity index (χ2n) is 6.75. The van der Waals surface area contributed by atoms with Crippen molar-refractivity contribution < 1.29 is 18.3 Å². The minimum Gasteiger partial charge on any atom is -0.457 e. The molecule has 4 rings (SSSR count). The van der Waals surface area contributed by atoms with Crippen LogP contribution in [0.25, 0.3) is 11.0 Å². The largest absolute Gasteiger partial charge is 0.457 e. The van der Waals surface area contributed by atoms with E-state index in [1.54, 1.807) is 49.4 Å². The summed E-state index contributed by atoms with van der Waals surface area (Å²) in [6, 6.07) is 21.6. The van der Waals surface area contributed by atoms with Crippen LogP contribution in [0.3, 0.4) is 0 Å². The lowest BCUT2D eigenvalue weighted by Crippen LogP contribution is -2.14. The Morgan fingerprint density at radius 3 is 2.43 bits per heavy atom. The van der Waals surface area contributed by atoms with Gasteiger partial charge in [0, 0.05) is 0 Å². The van der Waals surface area contributed by atoms with Crippen molar-refractivity contribution in [3.05, 3.63) is 84.2 Å². The van der Waals surface area contributed by atoms with Gasteiger partial charge in [0.1, 0.15) is 23.4 Å². The van der Waals surface area contributed by atoms with Gasteiger partial charge in [0.2, 0.25) is 10.0 Å². The van der Waals surface area contributed by atoms with Crippen LogP contribution in [0.2, 0.25) is 0 Å². The Labute approximate surface area is 174 Å². The number of imidazole rings is 1. The first-order valence-electron chi connectivity index (χ1n) is 9.44. The van der Waals surface area contributed by atoms with Crippen molar-refractivity contribution in [3.8, 4) is 11.5 Å². The van der Waals surface area contributed by atoms with Crippen molar-refractivity contribution in [1.82, 2.24) is 9.97 Å². The number of para-hydroxylation sites is 1. The maximum atomic E-state index is 11.8. The molecule has 3 aromatic carbocycles. The minimum atomic E-state index is -3.37. The van der Waals surface area contributed by atoms with Crippen molar-refractivity contribution in [2.24, 2.45) is 0 Å². The summed E-state index contributed by atoms with van der Waals surface area (Å²) in [5, 5.41) is 10.7. The lowest BCUT2D eigenvalue weighted by atomic mass is 10.1. The Morgan fingerprint density at radius 2 is 1.73 bits per heavy atom. The highest BCUT2D eigenvalue weighted by Gasteiger charge is 2.16. The Kier molecular flexibility index (Phi) is 5.43. The van der Waals surface area contributed by atoms with Gasteiger partial charge in [0.05, 0.1) is 22.5 Å². The molecular weight excluding hydrogens is 402 g/mol. The van der Waals surface area contributed by atoms with Gasteiger partial charge in [-0.2, -0.15) is 0 Å². The van der Waals surface area contributed by atoms with Gasteiger partial charge in [-0.05, 0) is 55.0 Å². The van der Waals surface area contributed by atoms with E-state index in [0.29, 0.717) is 33.9 Å². The maximum Gasteiger partial charge on any atom is 0.232 e. The van der Waals surface area contributed by atoms with Crippen LogP contribution < -0.4 is 9.46 Å². The van der Waals surface area contributed by atoms with Crippen LogP contribution in [-0.4, -0.2) is 29.2 Å². The van der Waals surface area contributed by atoms with Gasteiger partial charge in [-0.15, -0.1) is 0 Å². The number of fused-ring (bicyclic) bond motifs is 1. The van der Waals surface area contributed by atoms with Crippen molar-refractivity contribution in [2.75, 3.05) is 10.5 Å². The predicted molar refractivity (Wildman–Crippen MR) is 116 cm³/mol. The summed E-state index contributed by atoms with van der Waals surface area (Å²) in [7, 11) is -3.37. The van der Waals surface area contributed by atoms with Crippen LogP contribution in [-0.2, 0) is 10.0 Å². The van der Waals surface area contributed by atoms with E-state index in [1.165, 1.54) is 0 Å². The van der Waals surface area contributed by atoms with Crippen LogP contribution in [0.1, 0.15) is 24.4 Å². The second-order valence-corrected chi connectivity index (χ2v) is 8.76. The average Bonchev–Trinajstić information content (AvgIpc) is 3.18. The number of rotatable bonds is 7. The molecule has 154 valence electrons. The minimum absolute atomic E-state index is 0.0119. The Bertz CT molecular complexity index is 1250. The number of sulfonamides is 1. The summed E-state index contributed by atoms with van der Waals surface area (Å²) >= 11 is 0. The quantitative estimate of drug-likeness (QED) is 0.413. The van der Waals surface area contributed by atoms with Crippen molar-refractivity contribution in [2.45, 2.75) is 13.0 Å². The second kappa shape index (κ2) is 8.17. The molecule has 0 aliphatic rings. The molecule has 1 heterocycles. The third kappa shape index (κ3) is 4.45. The third-order valence-corrected chi connectivity index (χ3v) is 5.89. The fourth-order valence-electron chi connectivity index (χ4n) is 2.97. The molecule has 0 spiro atoms. The van der Waals surface area contributed by atoms with E-state index in [1.807, 2.05) is 30.3 Å². The zero-order valence-corrected chi connectivity index (χ0v) is 17.1. The zero-order chi connectivity index (χ0) is 21.1. The molecule has 30 heavy (non-hydrogen) atoms. The normalized spacial score (nSPS) is 12.6. The van der Waals surface area contributed by atoms with E-state index < -0.39 is 16.1 Å². The van der Waals surface area contributed by atoms with E-state index in [2.05, 4.69) is 14.7 Å². The fourth-order valence-corrected chi connectivity index (χ4v) is 3.61. The van der Waals surface area contributed by atoms with Crippen LogP contribution in [0, 0.1) is 0 Å². The first kappa shape index (κ1) is 19.9. The first-order chi connectivity index (χ1) is 14.4. The smallest absolute Gasteiger partial charge is 0.232 e. The highest BCUT2D eigenvalue weighted by Crippen LogP contribution is 2.27. The van der Waals surface area contributed by atoms with Gasteiger partial charge in [-0.25, -0.2) is 13.4 Å². The van der Waals surface area contributed by atoms with Gasteiger partial charge in [-0.1, -0.05) is 30.3 Å². The van der Waals surface area contributed by atoms with Crippen LogP contribution >= 0.6 is 0 Å². The molecule has 7 nitrogen and oxygen atoms in total. The molecule has 4 aromatic rings. The molecule has 1 unspecified atom stereocenters. The third-order valence-electron chi connectivity index (χ3n) is 4.59. The summed E-state index contributed by atoms with van der Waals surface area (Å²) < 4.78 is 31.8. The number of anilines is 1. The molecule has 0 saturated carbocycles. The van der Waals surface area contributed by atoms with Gasteiger partial charge in [-0.3, -0.25) is 4.72 Å². The predicted octanol–water partition coefficient (Wildman–Crippen LogP) is 4.20. The molecular formula is C22H21N3O4S. The molecule has 0 radical (unpaired) electrons. The molecule has 3 N–H and O–H groups in total. The molecule has 1 atom stereocenters. The lowest BCUT2D eigenvalue weighted by Gasteiger charge is -2.10. The summed E-state index contributed by atoms with van der Waals surface area (Å²) in [4.78, 5) is 7.49. The molecule has 0 fully saturated rings. The van der Waals surface area contributed by atoms with Gasteiger partial charge >= 0.3 is 0 Å². The van der Waals surface area contributed by atoms with E-state index in [0.717, 1.165) is 5.75 Å². The SMILES string of the molecule is CCS(=O)(=O)Nc1ccc2nc(C(O)c3ccc(Oc4ccccc4)cc3)[nH]c2c1. The molecule has 0 amide bonds. The number of nitrogens with one attached hydrogen (secondary N) is 2. The number of aromatic nitrogens is 2. The van der Waals surface area contributed by atoms with Crippen molar-refractivity contribution >= 4 is 26.7 Å². The van der Waals surface area contributed by atoms with E-state index >= 15 is 0 Å². The Balaban J connectivity index is 1.53. The number of aliphatic hydroxyl groups excluding tert-OH is 1. The topological polar surface area (TPSA) is 104 Å². The number of aromatic amines is 1. The number of nitrogens with zero attached hydrogens (tertiary/aromatic N) is 1. The number of aliphatic hydroxyl groups is 1. The van der Waals surface area contributed by atoms with E-state index in [9.17, 15) is 13.5 Å². The number of ether oxygens (including phenoxy) is 1. The number of H-pyrrole nitrogens is 1. The Morgan fingerprint density at radius 1 is 1.03 bits per heavy atom. The summed E-state index contributed by atoms with van der Waals surface area (Å²) in [5.74, 6) is 1.76. The summed E-state index contributed by atoms with van der Waals surface area (Å²) in [5.41, 5.74) is 2.36. The van der Waals surface area contributed by atoms with Gasteiger partial charge in [0.15, 0.2) is 0 Å². The highest BCUT2D eigenvalue weighted by molar-refractivity contribution is 7.92. The monoisotopic (exact) mass is 423 g/mol. The van der Waals surface area contributed by atoms with Crippen LogP contribution in [0.5, 0.6) is 11.5 Å². The fraction of sp³-hybridized carbons (Fsp3) is 0.136. The number of hydrogen-bond donors (Lipinski definition) is 3. The molecule has 0 aliphatic heterocycles. The highest BCUT2D eigenvalue weighted by atomic mass is 32.2. The lowest BCUT2D eigenvalue weighted by molar-refractivity contribution is 0.211. The molecule has 1 aromatic heterocycles. The van der Waals surface area contributed by atoms with Gasteiger partial charge < -0.3 is 14.8 Å². The van der Waals surface area contributed by atoms with Crippen molar-refractivity contribution in [3.63, 3.8) is 0 Å². The molecule has 0 saturated heterocycles.